The molecule has 2 rings (SSSR count). The number of benzene rings is 1. The molecule has 2 N–H and O–H groups in total. The second-order valence-corrected chi connectivity index (χ2v) is 11.0. The number of alkyl carbamates (subject to hydrolysis) is 1. The lowest BCUT2D eigenvalue weighted by atomic mass is 9.94. The van der Waals surface area contributed by atoms with Gasteiger partial charge < -0.3 is 20.3 Å². The molecule has 34 heavy (non-hydrogen) atoms. The maximum absolute atomic E-state index is 13.6. The van der Waals surface area contributed by atoms with Crippen molar-refractivity contribution in [2.45, 2.75) is 89.9 Å². The molecule has 0 aliphatic heterocycles. The first-order valence-corrected chi connectivity index (χ1v) is 13.5. The molecule has 0 aromatic heterocycles. The molecule has 1 aromatic carbocycles. The summed E-state index contributed by atoms with van der Waals surface area (Å²) in [6.07, 6.45) is 7.07. The molecule has 0 radical (unpaired) electrons. The van der Waals surface area contributed by atoms with Crippen LogP contribution in [0.2, 0.25) is 0 Å². The molecule has 0 heterocycles. The Morgan fingerprint density at radius 3 is 2.38 bits per heavy atom. The van der Waals surface area contributed by atoms with Gasteiger partial charge in [0.05, 0.1) is 0 Å². The molecular weight excluding hydrogens is 450 g/mol. The summed E-state index contributed by atoms with van der Waals surface area (Å²) in [5, 5.41) is 5.92. The molecule has 2 atom stereocenters. The Hall–Kier alpha value is -2.22. The van der Waals surface area contributed by atoms with E-state index in [0.29, 0.717) is 12.2 Å². The van der Waals surface area contributed by atoms with Crippen molar-refractivity contribution in [2.24, 2.45) is 0 Å². The molecule has 2 unspecified atom stereocenters. The van der Waals surface area contributed by atoms with Gasteiger partial charge in [-0.25, -0.2) is 4.79 Å². The molecule has 3 amide bonds. The summed E-state index contributed by atoms with van der Waals surface area (Å²) >= 11 is 1.59. The predicted molar refractivity (Wildman–Crippen MR) is 138 cm³/mol. The standard InChI is InChI=1S/C26H41N3O4S/c1-18-12-10-11-15-20(18)22(23(30)27-19-13-8-7-9-14-19)29(5)24(31)21(16-17-34-6)28-25(32)33-26(2,3)4/h10-12,15,19,21-22H,7-9,13-14,16-17H2,1-6H3,(H,27,30)(H,28,32). The SMILES string of the molecule is CSCCC(NC(=O)OC(C)(C)C)C(=O)N(C)C(C(=O)NC1CCCCC1)c1ccccc1C. The minimum absolute atomic E-state index is 0.128. The summed E-state index contributed by atoms with van der Waals surface area (Å²) in [5.74, 6) is 0.188. The van der Waals surface area contributed by atoms with E-state index in [0.717, 1.165) is 36.8 Å². The lowest BCUT2D eigenvalue weighted by molar-refractivity contribution is -0.141. The van der Waals surface area contributed by atoms with E-state index in [1.54, 1.807) is 39.6 Å². The van der Waals surface area contributed by atoms with E-state index in [-0.39, 0.29) is 17.9 Å². The van der Waals surface area contributed by atoms with E-state index in [1.165, 1.54) is 11.3 Å². The van der Waals surface area contributed by atoms with Gasteiger partial charge in [0.1, 0.15) is 17.7 Å². The Morgan fingerprint density at radius 2 is 1.79 bits per heavy atom. The molecular formula is C26H41N3O4S. The number of carbonyl (C=O) groups is 3. The first-order valence-electron chi connectivity index (χ1n) is 12.1. The van der Waals surface area contributed by atoms with Crippen LogP contribution in [0.25, 0.3) is 0 Å². The minimum Gasteiger partial charge on any atom is -0.444 e. The second-order valence-electron chi connectivity index (χ2n) is 10.0. The third-order valence-corrected chi connectivity index (χ3v) is 6.66. The van der Waals surface area contributed by atoms with Gasteiger partial charge in [-0.05, 0) is 70.1 Å². The topological polar surface area (TPSA) is 87.7 Å². The van der Waals surface area contributed by atoms with Crippen LogP contribution in [0.3, 0.4) is 0 Å². The second kappa shape index (κ2) is 13.0. The van der Waals surface area contributed by atoms with Crippen LogP contribution in [-0.2, 0) is 14.3 Å². The first kappa shape index (κ1) is 28.0. The molecule has 1 saturated carbocycles. The number of aryl methyl sites for hydroxylation is 1. The smallest absolute Gasteiger partial charge is 0.408 e. The molecule has 1 aromatic rings. The molecule has 1 fully saturated rings. The van der Waals surface area contributed by atoms with Crippen molar-refractivity contribution in [3.8, 4) is 0 Å². The fourth-order valence-corrected chi connectivity index (χ4v) is 4.73. The normalized spacial score (nSPS) is 16.3. The van der Waals surface area contributed by atoms with Crippen molar-refractivity contribution < 1.29 is 19.1 Å². The van der Waals surface area contributed by atoms with Crippen molar-refractivity contribution in [3.63, 3.8) is 0 Å². The van der Waals surface area contributed by atoms with E-state index in [1.807, 2.05) is 37.4 Å². The Bertz CT molecular complexity index is 834. The van der Waals surface area contributed by atoms with Gasteiger partial charge in [0.15, 0.2) is 0 Å². The zero-order chi connectivity index (χ0) is 25.3. The third kappa shape index (κ3) is 8.53. The maximum atomic E-state index is 13.6. The zero-order valence-corrected chi connectivity index (χ0v) is 22.3. The van der Waals surface area contributed by atoms with Crippen LogP contribution in [0.4, 0.5) is 4.79 Å². The Balaban J connectivity index is 2.29. The number of hydrogen-bond donors (Lipinski definition) is 2. The van der Waals surface area contributed by atoms with E-state index in [9.17, 15) is 14.4 Å². The summed E-state index contributed by atoms with van der Waals surface area (Å²) in [7, 11) is 1.64. The zero-order valence-electron chi connectivity index (χ0n) is 21.5. The van der Waals surface area contributed by atoms with Gasteiger partial charge in [0.25, 0.3) is 0 Å². The highest BCUT2D eigenvalue weighted by atomic mass is 32.2. The van der Waals surface area contributed by atoms with Crippen molar-refractivity contribution >= 4 is 29.7 Å². The molecule has 7 nitrogen and oxygen atoms in total. The first-order chi connectivity index (χ1) is 16.0. The average molecular weight is 492 g/mol. The van der Waals surface area contributed by atoms with Crippen molar-refractivity contribution in [2.75, 3.05) is 19.1 Å². The molecule has 8 heteroatoms. The highest BCUT2D eigenvalue weighted by Crippen LogP contribution is 2.26. The van der Waals surface area contributed by atoms with Crippen LogP contribution in [-0.4, -0.2) is 59.5 Å². The third-order valence-electron chi connectivity index (χ3n) is 6.02. The van der Waals surface area contributed by atoms with E-state index in [2.05, 4.69) is 10.6 Å². The minimum atomic E-state index is -0.790. The fourth-order valence-electron chi connectivity index (χ4n) is 4.26. The van der Waals surface area contributed by atoms with E-state index >= 15 is 0 Å². The fraction of sp³-hybridized carbons (Fsp3) is 0.654. The Morgan fingerprint density at radius 1 is 1.15 bits per heavy atom. The molecule has 0 saturated heterocycles. The van der Waals surface area contributed by atoms with Gasteiger partial charge >= 0.3 is 6.09 Å². The maximum Gasteiger partial charge on any atom is 0.408 e. The summed E-state index contributed by atoms with van der Waals surface area (Å²) in [6.45, 7) is 7.28. The summed E-state index contributed by atoms with van der Waals surface area (Å²) in [6, 6.07) is 6.19. The van der Waals surface area contributed by atoms with Crippen LogP contribution in [0, 0.1) is 6.92 Å². The van der Waals surface area contributed by atoms with Crippen molar-refractivity contribution in [3.05, 3.63) is 35.4 Å². The number of nitrogens with one attached hydrogen (secondary N) is 2. The number of ether oxygens (including phenoxy) is 1. The van der Waals surface area contributed by atoms with Gasteiger partial charge in [-0.1, -0.05) is 43.5 Å². The van der Waals surface area contributed by atoms with E-state index < -0.39 is 23.8 Å². The van der Waals surface area contributed by atoms with Gasteiger partial charge in [0, 0.05) is 13.1 Å². The molecule has 0 bridgehead atoms. The van der Waals surface area contributed by atoms with Crippen molar-refractivity contribution in [1.82, 2.24) is 15.5 Å². The number of nitrogens with zero attached hydrogens (tertiary/aromatic N) is 1. The number of amides is 3. The van der Waals surface area contributed by atoms with Crippen LogP contribution in [0.5, 0.6) is 0 Å². The molecule has 1 aliphatic rings. The van der Waals surface area contributed by atoms with Crippen molar-refractivity contribution in [1.29, 1.82) is 0 Å². The van der Waals surface area contributed by atoms with Crippen LogP contribution in [0.1, 0.15) is 76.5 Å². The molecule has 1 aliphatic carbocycles. The predicted octanol–water partition coefficient (Wildman–Crippen LogP) is 4.59. The van der Waals surface area contributed by atoms with Gasteiger partial charge in [-0.15, -0.1) is 0 Å². The number of rotatable bonds is 9. The quantitative estimate of drug-likeness (QED) is 0.528. The Kier molecular flexibility index (Phi) is 10.7. The number of thioether (sulfide) groups is 1. The summed E-state index contributed by atoms with van der Waals surface area (Å²) < 4.78 is 5.38. The highest BCUT2D eigenvalue weighted by molar-refractivity contribution is 7.98. The van der Waals surface area contributed by atoms with Gasteiger partial charge in [-0.3, -0.25) is 9.59 Å². The van der Waals surface area contributed by atoms with Gasteiger partial charge in [-0.2, -0.15) is 11.8 Å². The molecule has 0 spiro atoms. The largest absolute Gasteiger partial charge is 0.444 e. The highest BCUT2D eigenvalue weighted by Gasteiger charge is 2.35. The number of hydrogen-bond acceptors (Lipinski definition) is 5. The van der Waals surface area contributed by atoms with Crippen LogP contribution >= 0.6 is 11.8 Å². The van der Waals surface area contributed by atoms with Crippen LogP contribution in [0.15, 0.2) is 24.3 Å². The number of likely N-dealkylation sites (N-methyl/N-ethyl adjacent to an activating group) is 1. The average Bonchev–Trinajstić information content (AvgIpc) is 2.77. The lowest BCUT2D eigenvalue weighted by Crippen LogP contribution is -2.52. The van der Waals surface area contributed by atoms with E-state index in [4.69, 9.17) is 4.74 Å². The monoisotopic (exact) mass is 491 g/mol. The number of carbonyl (C=O) groups excluding carboxylic acids is 3. The lowest BCUT2D eigenvalue weighted by Gasteiger charge is -2.34. The Labute approximate surface area is 208 Å². The van der Waals surface area contributed by atoms with Crippen LogP contribution < -0.4 is 10.6 Å². The summed E-state index contributed by atoms with van der Waals surface area (Å²) in [5.41, 5.74) is 1.05. The summed E-state index contributed by atoms with van der Waals surface area (Å²) in [4.78, 5) is 41.1. The molecule has 190 valence electrons. The van der Waals surface area contributed by atoms with Gasteiger partial charge in [0.2, 0.25) is 11.8 Å².